The standard InChI is InChI=1S/C14H18N2O2S/c1-4-14(5-2,13(17)18)16-11-7-6-8-12(19-3)10(11)9-15/h6-8,16H,4-5H2,1-3H3,(H,17,18). The van der Waals surface area contributed by atoms with Gasteiger partial charge in [-0.2, -0.15) is 5.26 Å². The van der Waals surface area contributed by atoms with Gasteiger partial charge in [0, 0.05) is 4.90 Å². The molecule has 0 saturated heterocycles. The van der Waals surface area contributed by atoms with Crippen LogP contribution in [0.1, 0.15) is 32.3 Å². The Balaban J connectivity index is 3.25. The molecule has 0 atom stereocenters. The van der Waals surface area contributed by atoms with Crippen molar-refractivity contribution in [3.63, 3.8) is 0 Å². The molecule has 0 fully saturated rings. The molecule has 0 aromatic heterocycles. The summed E-state index contributed by atoms with van der Waals surface area (Å²) in [4.78, 5) is 12.3. The first-order chi connectivity index (χ1) is 9.04. The molecule has 4 nitrogen and oxygen atoms in total. The molecule has 19 heavy (non-hydrogen) atoms. The molecule has 0 aliphatic heterocycles. The van der Waals surface area contributed by atoms with Crippen LogP contribution in [-0.2, 0) is 4.79 Å². The largest absolute Gasteiger partial charge is 0.480 e. The molecule has 5 heteroatoms. The molecular formula is C14H18N2O2S. The Bertz CT molecular complexity index is 505. The Labute approximate surface area is 117 Å². The van der Waals surface area contributed by atoms with Gasteiger partial charge >= 0.3 is 5.97 Å². The van der Waals surface area contributed by atoms with Gasteiger partial charge in [-0.25, -0.2) is 4.79 Å². The highest BCUT2D eigenvalue weighted by Crippen LogP contribution is 2.30. The van der Waals surface area contributed by atoms with Gasteiger partial charge in [0.1, 0.15) is 11.6 Å². The Kier molecular flexibility index (Phi) is 5.25. The summed E-state index contributed by atoms with van der Waals surface area (Å²) in [5.74, 6) is -0.893. The number of carboxylic acid groups (broad SMARTS) is 1. The monoisotopic (exact) mass is 278 g/mol. The summed E-state index contributed by atoms with van der Waals surface area (Å²) < 4.78 is 0. The van der Waals surface area contributed by atoms with E-state index in [9.17, 15) is 15.2 Å². The Hall–Kier alpha value is -1.67. The third-order valence-electron chi connectivity index (χ3n) is 3.35. The van der Waals surface area contributed by atoms with Crippen molar-refractivity contribution >= 4 is 23.4 Å². The number of anilines is 1. The van der Waals surface area contributed by atoms with Crippen LogP contribution in [0.5, 0.6) is 0 Å². The lowest BCUT2D eigenvalue weighted by molar-refractivity contribution is -0.142. The van der Waals surface area contributed by atoms with Gasteiger partial charge in [0.2, 0.25) is 0 Å². The minimum Gasteiger partial charge on any atom is -0.480 e. The molecule has 0 unspecified atom stereocenters. The number of nitrogens with zero attached hydrogens (tertiary/aromatic N) is 1. The fourth-order valence-electron chi connectivity index (χ4n) is 1.96. The first kappa shape index (κ1) is 15.4. The van der Waals surface area contributed by atoms with Crippen LogP contribution in [0.4, 0.5) is 5.69 Å². The van der Waals surface area contributed by atoms with E-state index in [1.54, 1.807) is 6.07 Å². The van der Waals surface area contributed by atoms with Gasteiger partial charge in [-0.05, 0) is 31.2 Å². The zero-order chi connectivity index (χ0) is 14.5. The summed E-state index contributed by atoms with van der Waals surface area (Å²) in [6.45, 7) is 3.66. The van der Waals surface area contributed by atoms with Crippen LogP contribution in [0, 0.1) is 11.3 Å². The lowest BCUT2D eigenvalue weighted by Gasteiger charge is -2.30. The molecule has 0 radical (unpaired) electrons. The summed E-state index contributed by atoms with van der Waals surface area (Å²) >= 11 is 1.47. The van der Waals surface area contributed by atoms with Crippen LogP contribution in [0.2, 0.25) is 0 Å². The molecule has 0 spiro atoms. The maximum atomic E-state index is 11.5. The van der Waals surface area contributed by atoms with Gasteiger partial charge < -0.3 is 10.4 Å². The SMILES string of the molecule is CCC(CC)(Nc1cccc(SC)c1C#N)C(=O)O. The molecule has 1 aromatic rings. The van der Waals surface area contributed by atoms with Gasteiger partial charge in [0.15, 0.2) is 0 Å². The van der Waals surface area contributed by atoms with E-state index in [-0.39, 0.29) is 0 Å². The van der Waals surface area contributed by atoms with E-state index in [1.807, 2.05) is 32.2 Å². The van der Waals surface area contributed by atoms with Crippen LogP contribution >= 0.6 is 11.8 Å². The van der Waals surface area contributed by atoms with Crippen molar-refractivity contribution in [2.75, 3.05) is 11.6 Å². The van der Waals surface area contributed by atoms with Crippen LogP contribution in [0.15, 0.2) is 23.1 Å². The predicted molar refractivity (Wildman–Crippen MR) is 77.5 cm³/mol. The number of carboxylic acids is 1. The average Bonchev–Trinajstić information content (AvgIpc) is 2.43. The maximum Gasteiger partial charge on any atom is 0.329 e. The molecule has 0 saturated carbocycles. The third-order valence-corrected chi connectivity index (χ3v) is 4.13. The topological polar surface area (TPSA) is 73.1 Å². The van der Waals surface area contributed by atoms with Crippen molar-refractivity contribution in [1.29, 1.82) is 5.26 Å². The van der Waals surface area contributed by atoms with Gasteiger partial charge in [0.25, 0.3) is 0 Å². The molecule has 102 valence electrons. The van der Waals surface area contributed by atoms with E-state index in [2.05, 4.69) is 11.4 Å². The second kappa shape index (κ2) is 6.48. The van der Waals surface area contributed by atoms with Crippen LogP contribution in [-0.4, -0.2) is 22.9 Å². The first-order valence-electron chi connectivity index (χ1n) is 6.13. The summed E-state index contributed by atoms with van der Waals surface area (Å²) in [5.41, 5.74) is 0.0609. The van der Waals surface area contributed by atoms with E-state index in [4.69, 9.17) is 0 Å². The number of rotatable bonds is 6. The third kappa shape index (κ3) is 3.02. The van der Waals surface area contributed by atoms with Crippen molar-refractivity contribution in [2.45, 2.75) is 37.1 Å². The van der Waals surface area contributed by atoms with E-state index >= 15 is 0 Å². The molecule has 0 bridgehead atoms. The van der Waals surface area contributed by atoms with Crippen molar-refractivity contribution in [2.24, 2.45) is 0 Å². The number of nitrogens with one attached hydrogen (secondary N) is 1. The van der Waals surface area contributed by atoms with Gasteiger partial charge in [-0.15, -0.1) is 11.8 Å². The second-order valence-corrected chi connectivity index (χ2v) is 5.06. The molecule has 2 N–H and O–H groups in total. The van der Waals surface area contributed by atoms with Crippen molar-refractivity contribution in [3.05, 3.63) is 23.8 Å². The summed E-state index contributed by atoms with van der Waals surface area (Å²) in [5, 5.41) is 21.7. The highest BCUT2D eigenvalue weighted by atomic mass is 32.2. The van der Waals surface area contributed by atoms with E-state index in [0.717, 1.165) is 4.90 Å². The predicted octanol–water partition coefficient (Wildman–Crippen LogP) is 3.34. The Morgan fingerprint density at radius 2 is 2.11 bits per heavy atom. The van der Waals surface area contributed by atoms with Crippen LogP contribution in [0.25, 0.3) is 0 Å². The molecule has 0 heterocycles. The highest BCUT2D eigenvalue weighted by molar-refractivity contribution is 7.98. The minimum atomic E-state index is -1.03. The van der Waals surface area contributed by atoms with Crippen molar-refractivity contribution in [3.8, 4) is 6.07 Å². The number of nitriles is 1. The van der Waals surface area contributed by atoms with E-state index in [1.165, 1.54) is 11.8 Å². The number of carbonyl (C=O) groups is 1. The van der Waals surface area contributed by atoms with Crippen molar-refractivity contribution < 1.29 is 9.90 Å². The first-order valence-corrected chi connectivity index (χ1v) is 7.35. The molecule has 1 aromatic carbocycles. The lowest BCUT2D eigenvalue weighted by Crippen LogP contribution is -2.45. The fourth-order valence-corrected chi connectivity index (χ4v) is 2.54. The number of hydrogen-bond donors (Lipinski definition) is 2. The number of aliphatic carboxylic acids is 1. The quantitative estimate of drug-likeness (QED) is 0.781. The number of thioether (sulfide) groups is 1. The molecule has 0 amide bonds. The smallest absolute Gasteiger partial charge is 0.329 e. The molecule has 0 aliphatic carbocycles. The van der Waals surface area contributed by atoms with E-state index < -0.39 is 11.5 Å². The average molecular weight is 278 g/mol. The normalized spacial score (nSPS) is 10.8. The highest BCUT2D eigenvalue weighted by Gasteiger charge is 2.35. The molecular weight excluding hydrogens is 260 g/mol. The zero-order valence-electron chi connectivity index (χ0n) is 11.4. The summed E-state index contributed by atoms with van der Waals surface area (Å²) in [7, 11) is 0. The van der Waals surface area contributed by atoms with Crippen LogP contribution in [0.3, 0.4) is 0 Å². The molecule has 0 aliphatic rings. The Morgan fingerprint density at radius 3 is 2.53 bits per heavy atom. The van der Waals surface area contributed by atoms with E-state index in [0.29, 0.717) is 24.1 Å². The van der Waals surface area contributed by atoms with Gasteiger partial charge in [-0.1, -0.05) is 19.9 Å². The minimum absolute atomic E-state index is 0.452. The zero-order valence-corrected chi connectivity index (χ0v) is 12.2. The van der Waals surface area contributed by atoms with Crippen molar-refractivity contribution in [1.82, 2.24) is 0 Å². The fraction of sp³-hybridized carbons (Fsp3) is 0.429. The number of hydrogen-bond acceptors (Lipinski definition) is 4. The Morgan fingerprint density at radius 1 is 1.47 bits per heavy atom. The molecule has 1 rings (SSSR count). The number of benzene rings is 1. The second-order valence-electron chi connectivity index (χ2n) is 4.21. The summed E-state index contributed by atoms with van der Waals surface area (Å²) in [6.07, 6.45) is 2.80. The van der Waals surface area contributed by atoms with Crippen LogP contribution < -0.4 is 5.32 Å². The summed E-state index contributed by atoms with van der Waals surface area (Å²) in [6, 6.07) is 7.58. The van der Waals surface area contributed by atoms with Gasteiger partial charge in [-0.3, -0.25) is 0 Å². The maximum absolute atomic E-state index is 11.5. The van der Waals surface area contributed by atoms with Gasteiger partial charge in [0.05, 0.1) is 11.3 Å². The lowest BCUT2D eigenvalue weighted by atomic mass is 9.92.